The fourth-order valence-corrected chi connectivity index (χ4v) is 3.09. The Bertz CT molecular complexity index is 793. The standard InChI is InChI=1S/C17H22N4O3/c1-9(2)14-12(6-7-24-14)16(22)18-13-8-11(5-4-10(13)3)15-19-17(23)21-20-15/h4-5,8-9,12,14H,6-7H2,1-3H3,(H,18,22)(H2,19,20,21,23). The van der Waals surface area contributed by atoms with Gasteiger partial charge in [0.25, 0.3) is 0 Å². The maximum absolute atomic E-state index is 12.7. The van der Waals surface area contributed by atoms with E-state index < -0.39 is 0 Å². The van der Waals surface area contributed by atoms with E-state index in [2.05, 4.69) is 34.3 Å². The van der Waals surface area contributed by atoms with E-state index in [1.807, 2.05) is 25.1 Å². The molecule has 0 bridgehead atoms. The SMILES string of the molecule is Cc1ccc(-c2n[nH]c(=O)[nH]2)cc1NC(=O)C1CCOC1C(C)C. The van der Waals surface area contributed by atoms with Gasteiger partial charge in [0.1, 0.15) is 0 Å². The Hall–Kier alpha value is -2.41. The van der Waals surface area contributed by atoms with Gasteiger partial charge in [0.2, 0.25) is 5.91 Å². The van der Waals surface area contributed by atoms with Crippen molar-refractivity contribution in [2.75, 3.05) is 11.9 Å². The van der Waals surface area contributed by atoms with Crippen LogP contribution in [0.15, 0.2) is 23.0 Å². The zero-order chi connectivity index (χ0) is 17.3. The molecule has 0 spiro atoms. The first kappa shape index (κ1) is 16.4. The highest BCUT2D eigenvalue weighted by Gasteiger charge is 2.36. The third-order valence-corrected chi connectivity index (χ3v) is 4.40. The summed E-state index contributed by atoms with van der Waals surface area (Å²) in [5.41, 5.74) is 2.04. The van der Waals surface area contributed by atoms with Crippen molar-refractivity contribution in [2.45, 2.75) is 33.3 Å². The highest BCUT2D eigenvalue weighted by atomic mass is 16.5. The van der Waals surface area contributed by atoms with Crippen LogP contribution >= 0.6 is 0 Å². The number of carbonyl (C=O) groups is 1. The molecule has 0 radical (unpaired) electrons. The lowest BCUT2D eigenvalue weighted by Crippen LogP contribution is -2.33. The monoisotopic (exact) mass is 330 g/mol. The smallest absolute Gasteiger partial charge is 0.340 e. The molecule has 1 aliphatic rings. The average molecular weight is 330 g/mol. The van der Waals surface area contributed by atoms with Crippen molar-refractivity contribution < 1.29 is 9.53 Å². The van der Waals surface area contributed by atoms with Crippen LogP contribution in [0.4, 0.5) is 5.69 Å². The summed E-state index contributed by atoms with van der Waals surface area (Å²) in [5.74, 6) is 0.574. The first-order chi connectivity index (χ1) is 11.5. The van der Waals surface area contributed by atoms with Crippen molar-refractivity contribution in [2.24, 2.45) is 11.8 Å². The van der Waals surface area contributed by atoms with Gasteiger partial charge in [0, 0.05) is 17.9 Å². The number of nitrogens with zero attached hydrogens (tertiary/aromatic N) is 1. The maximum Gasteiger partial charge on any atom is 0.340 e. The summed E-state index contributed by atoms with van der Waals surface area (Å²) >= 11 is 0. The van der Waals surface area contributed by atoms with Crippen LogP contribution < -0.4 is 11.0 Å². The molecule has 3 N–H and O–H groups in total. The van der Waals surface area contributed by atoms with E-state index in [4.69, 9.17) is 4.74 Å². The Morgan fingerprint density at radius 3 is 2.88 bits per heavy atom. The Morgan fingerprint density at radius 1 is 1.42 bits per heavy atom. The van der Waals surface area contributed by atoms with Crippen LogP contribution in [0.5, 0.6) is 0 Å². The molecule has 2 unspecified atom stereocenters. The lowest BCUT2D eigenvalue weighted by Gasteiger charge is -2.21. The molecule has 1 aromatic carbocycles. The Kier molecular flexibility index (Phi) is 4.53. The topological polar surface area (TPSA) is 99.9 Å². The number of ether oxygens (including phenoxy) is 1. The van der Waals surface area contributed by atoms with Crippen LogP contribution in [0.2, 0.25) is 0 Å². The lowest BCUT2D eigenvalue weighted by atomic mass is 9.92. The lowest BCUT2D eigenvalue weighted by molar-refractivity contribution is -0.122. The molecule has 7 nitrogen and oxygen atoms in total. The number of aromatic nitrogens is 3. The predicted octanol–water partition coefficient (Wildman–Crippen LogP) is 2.07. The van der Waals surface area contributed by atoms with Gasteiger partial charge in [-0.2, -0.15) is 5.10 Å². The molecule has 1 saturated heterocycles. The van der Waals surface area contributed by atoms with Gasteiger partial charge < -0.3 is 10.1 Å². The average Bonchev–Trinajstić information content (AvgIpc) is 3.18. The Labute approximate surface area is 139 Å². The van der Waals surface area contributed by atoms with Crippen molar-refractivity contribution in [3.63, 3.8) is 0 Å². The molecule has 2 aromatic rings. The molecular weight excluding hydrogens is 308 g/mol. The van der Waals surface area contributed by atoms with Gasteiger partial charge in [-0.1, -0.05) is 26.0 Å². The first-order valence-electron chi connectivity index (χ1n) is 8.14. The second-order valence-electron chi connectivity index (χ2n) is 6.52. The number of aryl methyl sites for hydroxylation is 1. The quantitative estimate of drug-likeness (QED) is 0.799. The minimum atomic E-state index is -0.362. The number of aromatic amines is 2. The molecular formula is C17H22N4O3. The van der Waals surface area contributed by atoms with Crippen molar-refractivity contribution in [3.05, 3.63) is 34.2 Å². The number of hydrogen-bond donors (Lipinski definition) is 3. The normalized spacial score (nSPS) is 20.5. The molecule has 2 atom stereocenters. The van der Waals surface area contributed by atoms with Gasteiger partial charge >= 0.3 is 5.69 Å². The number of H-pyrrole nitrogens is 2. The molecule has 2 heterocycles. The molecule has 3 rings (SSSR count). The van der Waals surface area contributed by atoms with Crippen molar-refractivity contribution >= 4 is 11.6 Å². The van der Waals surface area contributed by atoms with Crippen molar-refractivity contribution in [1.29, 1.82) is 0 Å². The predicted molar refractivity (Wildman–Crippen MR) is 90.7 cm³/mol. The summed E-state index contributed by atoms with van der Waals surface area (Å²) < 4.78 is 5.70. The third kappa shape index (κ3) is 3.26. The minimum Gasteiger partial charge on any atom is -0.377 e. The Balaban J connectivity index is 1.82. The van der Waals surface area contributed by atoms with Gasteiger partial charge in [0.05, 0.1) is 12.0 Å². The van der Waals surface area contributed by atoms with E-state index in [-0.39, 0.29) is 23.6 Å². The second-order valence-corrected chi connectivity index (χ2v) is 6.52. The van der Waals surface area contributed by atoms with E-state index in [1.165, 1.54) is 0 Å². The number of rotatable bonds is 4. The van der Waals surface area contributed by atoms with Crippen LogP contribution in [0.25, 0.3) is 11.4 Å². The summed E-state index contributed by atoms with van der Waals surface area (Å²) in [6.07, 6.45) is 0.691. The van der Waals surface area contributed by atoms with Gasteiger partial charge in [0.15, 0.2) is 5.82 Å². The van der Waals surface area contributed by atoms with Crippen LogP contribution in [0.3, 0.4) is 0 Å². The molecule has 1 amide bonds. The number of carbonyl (C=O) groups excluding carboxylic acids is 1. The zero-order valence-corrected chi connectivity index (χ0v) is 14.1. The molecule has 128 valence electrons. The van der Waals surface area contributed by atoms with E-state index in [0.717, 1.165) is 23.2 Å². The van der Waals surface area contributed by atoms with E-state index in [0.29, 0.717) is 18.3 Å². The van der Waals surface area contributed by atoms with Crippen molar-refractivity contribution in [3.8, 4) is 11.4 Å². The summed E-state index contributed by atoms with van der Waals surface area (Å²) in [7, 11) is 0. The number of nitrogens with one attached hydrogen (secondary N) is 3. The maximum atomic E-state index is 12.7. The fraction of sp³-hybridized carbons (Fsp3) is 0.471. The van der Waals surface area contributed by atoms with Crippen LogP contribution in [-0.4, -0.2) is 33.8 Å². The zero-order valence-electron chi connectivity index (χ0n) is 14.1. The van der Waals surface area contributed by atoms with Gasteiger partial charge in [-0.3, -0.25) is 9.78 Å². The molecule has 1 aliphatic heterocycles. The first-order valence-corrected chi connectivity index (χ1v) is 8.14. The van der Waals surface area contributed by atoms with Gasteiger partial charge in [-0.05, 0) is 30.9 Å². The third-order valence-electron chi connectivity index (χ3n) is 4.40. The molecule has 0 aliphatic carbocycles. The number of anilines is 1. The summed E-state index contributed by atoms with van der Waals surface area (Å²) in [6, 6.07) is 5.56. The number of benzene rings is 1. The van der Waals surface area contributed by atoms with Gasteiger partial charge in [-0.15, -0.1) is 0 Å². The summed E-state index contributed by atoms with van der Waals surface area (Å²) in [4.78, 5) is 26.5. The van der Waals surface area contributed by atoms with Crippen molar-refractivity contribution in [1.82, 2.24) is 15.2 Å². The second kappa shape index (κ2) is 6.60. The molecule has 24 heavy (non-hydrogen) atoms. The van der Waals surface area contributed by atoms with E-state index in [1.54, 1.807) is 0 Å². The summed E-state index contributed by atoms with van der Waals surface area (Å²) in [6.45, 7) is 6.68. The van der Waals surface area contributed by atoms with Crippen LogP contribution in [-0.2, 0) is 9.53 Å². The molecule has 1 fully saturated rings. The number of amides is 1. The Morgan fingerprint density at radius 2 is 2.21 bits per heavy atom. The largest absolute Gasteiger partial charge is 0.377 e. The minimum absolute atomic E-state index is 0.0260. The number of hydrogen-bond acceptors (Lipinski definition) is 4. The van der Waals surface area contributed by atoms with Crippen LogP contribution in [0, 0.1) is 18.8 Å². The molecule has 1 aromatic heterocycles. The van der Waals surface area contributed by atoms with E-state index >= 15 is 0 Å². The van der Waals surface area contributed by atoms with Crippen LogP contribution in [0.1, 0.15) is 25.8 Å². The summed E-state index contributed by atoms with van der Waals surface area (Å²) in [5, 5.41) is 9.27. The highest BCUT2D eigenvalue weighted by molar-refractivity contribution is 5.94. The van der Waals surface area contributed by atoms with E-state index in [9.17, 15) is 9.59 Å². The molecule has 7 heteroatoms. The van der Waals surface area contributed by atoms with Gasteiger partial charge in [-0.25, -0.2) is 9.89 Å². The fourth-order valence-electron chi connectivity index (χ4n) is 3.09. The highest BCUT2D eigenvalue weighted by Crippen LogP contribution is 2.29. The molecule has 0 saturated carbocycles.